The van der Waals surface area contributed by atoms with Crippen molar-refractivity contribution in [3.8, 4) is 11.1 Å². The van der Waals surface area contributed by atoms with E-state index in [0.717, 1.165) is 0 Å². The predicted octanol–water partition coefficient (Wildman–Crippen LogP) is 3.85. The molecule has 132 valence electrons. The third-order valence-corrected chi connectivity index (χ3v) is 4.71. The molecule has 0 radical (unpaired) electrons. The molecule has 0 saturated carbocycles. The molecule has 0 bridgehead atoms. The number of amides is 1. The average Bonchev–Trinajstić information content (AvgIpc) is 3.31. The van der Waals surface area contributed by atoms with Gasteiger partial charge in [-0.15, -0.1) is 0 Å². The van der Waals surface area contributed by atoms with E-state index in [-0.39, 0.29) is 19.1 Å². The highest BCUT2D eigenvalue weighted by Gasteiger charge is 2.29. The highest BCUT2D eigenvalue weighted by Crippen LogP contribution is 2.44. The van der Waals surface area contributed by atoms with Gasteiger partial charge in [0.25, 0.3) is 0 Å². The van der Waals surface area contributed by atoms with Crippen LogP contribution >= 0.6 is 0 Å². The summed E-state index contributed by atoms with van der Waals surface area (Å²) in [5.41, 5.74) is 5.32. The lowest BCUT2D eigenvalue weighted by Gasteiger charge is -2.15. The fourth-order valence-corrected chi connectivity index (χ4v) is 3.41. The molecule has 0 saturated heterocycles. The average molecular weight is 349 g/mol. The molecule has 5 heteroatoms. The number of furan rings is 1. The summed E-state index contributed by atoms with van der Waals surface area (Å²) >= 11 is 0. The highest BCUT2D eigenvalue weighted by atomic mass is 16.5. The first-order valence-corrected chi connectivity index (χ1v) is 8.53. The minimum Gasteiger partial charge on any atom is -0.472 e. The predicted molar refractivity (Wildman–Crippen MR) is 96.7 cm³/mol. The summed E-state index contributed by atoms with van der Waals surface area (Å²) in [6.07, 6.45) is 1.55. The molecule has 4 rings (SSSR count). The molecule has 1 amide bonds. The Balaban J connectivity index is 1.39. The van der Waals surface area contributed by atoms with Crippen molar-refractivity contribution >= 4 is 6.09 Å². The van der Waals surface area contributed by atoms with Crippen LogP contribution in [0.25, 0.3) is 11.1 Å². The number of aliphatic hydroxyl groups is 1. The van der Waals surface area contributed by atoms with E-state index < -0.39 is 12.2 Å². The number of alkyl carbamates (subject to hydrolysis) is 1. The molecular formula is C21H19NO4. The van der Waals surface area contributed by atoms with E-state index in [1.807, 2.05) is 24.3 Å². The molecule has 1 aliphatic rings. The van der Waals surface area contributed by atoms with Gasteiger partial charge in [-0.25, -0.2) is 4.79 Å². The first-order valence-electron chi connectivity index (χ1n) is 8.53. The van der Waals surface area contributed by atoms with Crippen LogP contribution in [0.4, 0.5) is 4.79 Å². The second-order valence-electron chi connectivity index (χ2n) is 6.28. The molecule has 2 N–H and O–H groups in total. The van der Waals surface area contributed by atoms with Crippen molar-refractivity contribution < 1.29 is 19.1 Å². The molecule has 1 aromatic heterocycles. The van der Waals surface area contributed by atoms with E-state index in [2.05, 4.69) is 29.6 Å². The molecule has 2 aromatic carbocycles. The van der Waals surface area contributed by atoms with Crippen LogP contribution in [0.15, 0.2) is 71.5 Å². The summed E-state index contributed by atoms with van der Waals surface area (Å²) in [5.74, 6) is 0.0203. The van der Waals surface area contributed by atoms with E-state index in [9.17, 15) is 9.90 Å². The highest BCUT2D eigenvalue weighted by molar-refractivity contribution is 5.79. The van der Waals surface area contributed by atoms with Gasteiger partial charge >= 0.3 is 6.09 Å². The van der Waals surface area contributed by atoms with Crippen molar-refractivity contribution in [2.45, 2.75) is 12.0 Å². The van der Waals surface area contributed by atoms with Crippen LogP contribution in [0.3, 0.4) is 0 Å². The number of nitrogens with one attached hydrogen (secondary N) is 1. The van der Waals surface area contributed by atoms with Gasteiger partial charge in [0.1, 0.15) is 6.61 Å². The van der Waals surface area contributed by atoms with Crippen LogP contribution in [0.5, 0.6) is 0 Å². The number of fused-ring (bicyclic) bond motifs is 3. The van der Waals surface area contributed by atoms with Crippen molar-refractivity contribution in [3.63, 3.8) is 0 Å². The maximum atomic E-state index is 12.0. The first kappa shape index (κ1) is 16.4. The van der Waals surface area contributed by atoms with Crippen molar-refractivity contribution in [2.24, 2.45) is 0 Å². The fraction of sp³-hybridized carbons (Fsp3) is 0.190. The molecule has 1 heterocycles. The Labute approximate surface area is 151 Å². The number of hydrogen-bond donors (Lipinski definition) is 2. The number of ether oxygens (including phenoxy) is 1. The Bertz CT molecular complexity index is 858. The smallest absolute Gasteiger partial charge is 0.407 e. The Morgan fingerprint density at radius 3 is 2.35 bits per heavy atom. The lowest BCUT2D eigenvalue weighted by molar-refractivity contribution is 0.128. The molecule has 0 aliphatic heterocycles. The maximum Gasteiger partial charge on any atom is 0.407 e. The van der Waals surface area contributed by atoms with Crippen LogP contribution < -0.4 is 5.32 Å². The summed E-state index contributed by atoms with van der Waals surface area (Å²) in [6.45, 7) is 0.317. The van der Waals surface area contributed by atoms with Crippen molar-refractivity contribution in [1.82, 2.24) is 5.32 Å². The monoisotopic (exact) mass is 349 g/mol. The number of carbonyl (C=O) groups is 1. The van der Waals surface area contributed by atoms with Crippen molar-refractivity contribution in [1.29, 1.82) is 0 Å². The molecule has 1 atom stereocenters. The molecule has 26 heavy (non-hydrogen) atoms. The van der Waals surface area contributed by atoms with Gasteiger partial charge in [0.15, 0.2) is 0 Å². The molecule has 1 unspecified atom stereocenters. The molecular weight excluding hydrogens is 330 g/mol. The zero-order valence-corrected chi connectivity index (χ0v) is 14.1. The Kier molecular flexibility index (Phi) is 4.46. The van der Waals surface area contributed by atoms with Crippen LogP contribution in [0, 0.1) is 0 Å². The summed E-state index contributed by atoms with van der Waals surface area (Å²) in [5, 5.41) is 12.6. The maximum absolute atomic E-state index is 12.0. The van der Waals surface area contributed by atoms with Crippen LogP contribution in [0.2, 0.25) is 0 Å². The summed E-state index contributed by atoms with van der Waals surface area (Å²) in [6, 6.07) is 18.0. The quantitative estimate of drug-likeness (QED) is 0.734. The van der Waals surface area contributed by atoms with Gasteiger partial charge in [0.2, 0.25) is 0 Å². The fourth-order valence-electron chi connectivity index (χ4n) is 3.41. The third kappa shape index (κ3) is 3.09. The molecule has 5 nitrogen and oxygen atoms in total. The van der Waals surface area contributed by atoms with Gasteiger partial charge in [-0.1, -0.05) is 48.5 Å². The van der Waals surface area contributed by atoms with E-state index in [4.69, 9.17) is 9.15 Å². The summed E-state index contributed by atoms with van der Waals surface area (Å²) < 4.78 is 10.3. The molecule has 3 aromatic rings. The van der Waals surface area contributed by atoms with Gasteiger partial charge in [-0.3, -0.25) is 0 Å². The van der Waals surface area contributed by atoms with Gasteiger partial charge in [-0.05, 0) is 28.3 Å². The van der Waals surface area contributed by atoms with Crippen molar-refractivity contribution in [3.05, 3.63) is 83.8 Å². The Morgan fingerprint density at radius 1 is 1.08 bits per heavy atom. The number of rotatable bonds is 5. The minimum atomic E-state index is -0.825. The number of benzene rings is 2. The van der Waals surface area contributed by atoms with Crippen LogP contribution in [-0.2, 0) is 4.74 Å². The normalized spacial score (nSPS) is 13.7. The summed E-state index contributed by atoms with van der Waals surface area (Å²) in [4.78, 5) is 12.0. The third-order valence-electron chi connectivity index (χ3n) is 4.71. The van der Waals surface area contributed by atoms with Gasteiger partial charge < -0.3 is 19.6 Å². The number of aliphatic hydroxyl groups excluding tert-OH is 1. The minimum absolute atomic E-state index is 0.0203. The molecule has 1 aliphatic carbocycles. The Hall–Kier alpha value is -3.05. The lowest BCUT2D eigenvalue weighted by Crippen LogP contribution is -2.30. The van der Waals surface area contributed by atoms with E-state index in [1.54, 1.807) is 6.07 Å². The molecule has 0 fully saturated rings. The second-order valence-corrected chi connectivity index (χ2v) is 6.28. The van der Waals surface area contributed by atoms with Crippen LogP contribution in [-0.4, -0.2) is 24.4 Å². The van der Waals surface area contributed by atoms with Crippen LogP contribution in [0.1, 0.15) is 28.7 Å². The van der Waals surface area contributed by atoms with Gasteiger partial charge in [0, 0.05) is 11.5 Å². The number of hydrogen-bond acceptors (Lipinski definition) is 4. The van der Waals surface area contributed by atoms with Crippen molar-refractivity contribution in [2.75, 3.05) is 13.2 Å². The summed E-state index contributed by atoms with van der Waals surface area (Å²) in [7, 11) is 0. The SMILES string of the molecule is O=C(NCC(O)c1ccoc1)OCC1c2ccccc2-c2ccccc21. The zero-order valence-electron chi connectivity index (χ0n) is 14.1. The lowest BCUT2D eigenvalue weighted by atomic mass is 9.98. The largest absolute Gasteiger partial charge is 0.472 e. The van der Waals surface area contributed by atoms with Gasteiger partial charge in [-0.2, -0.15) is 0 Å². The zero-order chi connectivity index (χ0) is 17.9. The van der Waals surface area contributed by atoms with E-state index >= 15 is 0 Å². The molecule has 0 spiro atoms. The number of carbonyl (C=O) groups excluding carboxylic acids is 1. The Morgan fingerprint density at radius 2 is 1.73 bits per heavy atom. The van der Waals surface area contributed by atoms with E-state index in [0.29, 0.717) is 5.56 Å². The van der Waals surface area contributed by atoms with Gasteiger partial charge in [0.05, 0.1) is 25.2 Å². The van der Waals surface area contributed by atoms with E-state index in [1.165, 1.54) is 34.8 Å². The first-order chi connectivity index (χ1) is 12.7. The topological polar surface area (TPSA) is 71.7 Å². The second kappa shape index (κ2) is 7.06. The standard InChI is InChI=1S/C21H19NO4/c23-20(14-9-10-25-12-14)11-22-21(24)26-13-19-17-7-3-1-5-15(17)16-6-2-4-8-18(16)19/h1-10,12,19-20,23H,11,13H2,(H,22,24).